The van der Waals surface area contributed by atoms with Crippen molar-refractivity contribution in [3.63, 3.8) is 0 Å². The van der Waals surface area contributed by atoms with E-state index in [1.54, 1.807) is 6.20 Å². The van der Waals surface area contributed by atoms with E-state index in [0.29, 0.717) is 11.6 Å². The van der Waals surface area contributed by atoms with Crippen molar-refractivity contribution in [1.82, 2.24) is 20.1 Å². The first-order chi connectivity index (χ1) is 10.2. The van der Waals surface area contributed by atoms with E-state index >= 15 is 0 Å². The maximum absolute atomic E-state index is 12.6. The highest BCUT2D eigenvalue weighted by Crippen LogP contribution is 2.25. The Balaban J connectivity index is 0.00000132. The largest absolute Gasteiger partial charge is 0.335 e. The van der Waals surface area contributed by atoms with Crippen LogP contribution in [0.3, 0.4) is 0 Å². The second kappa shape index (κ2) is 9.42. The van der Waals surface area contributed by atoms with E-state index in [9.17, 15) is 4.79 Å². The Morgan fingerprint density at radius 2 is 1.83 bits per heavy atom. The van der Waals surface area contributed by atoms with Gasteiger partial charge in [0.15, 0.2) is 0 Å². The van der Waals surface area contributed by atoms with E-state index in [1.807, 2.05) is 11.0 Å². The van der Waals surface area contributed by atoms with Crippen molar-refractivity contribution in [2.45, 2.75) is 18.8 Å². The Hall–Kier alpha value is -0.880. The second-order valence-electron chi connectivity index (χ2n) is 6.09. The normalized spacial score (nSPS) is 19.6. The third-order valence-electron chi connectivity index (χ3n) is 4.60. The summed E-state index contributed by atoms with van der Waals surface area (Å²) in [5.41, 5.74) is 1.87. The van der Waals surface area contributed by atoms with Gasteiger partial charge in [0, 0.05) is 32.4 Å². The van der Waals surface area contributed by atoms with Crippen molar-refractivity contribution in [2.75, 3.05) is 46.3 Å². The van der Waals surface area contributed by atoms with Gasteiger partial charge in [-0.25, -0.2) is 0 Å². The molecule has 2 aliphatic heterocycles. The lowest BCUT2D eigenvalue weighted by molar-refractivity contribution is 0.0658. The van der Waals surface area contributed by atoms with Gasteiger partial charge >= 0.3 is 0 Å². The molecule has 0 bridgehead atoms. The monoisotopic (exact) mass is 360 g/mol. The minimum absolute atomic E-state index is 0. The van der Waals surface area contributed by atoms with Gasteiger partial charge in [-0.1, -0.05) is 0 Å². The fourth-order valence-electron chi connectivity index (χ4n) is 3.14. The number of hydrogen-bond donors (Lipinski definition) is 1. The molecule has 0 aromatic carbocycles. The summed E-state index contributed by atoms with van der Waals surface area (Å²) in [4.78, 5) is 21.1. The highest BCUT2D eigenvalue weighted by atomic mass is 35.5. The predicted octanol–water partition coefficient (Wildman–Crippen LogP) is 1.78. The molecule has 0 saturated carbocycles. The van der Waals surface area contributed by atoms with Gasteiger partial charge in [-0.15, -0.1) is 24.8 Å². The second-order valence-corrected chi connectivity index (χ2v) is 6.09. The molecule has 1 N–H and O–H groups in total. The standard InChI is InChI=1S/C16H24N4O.2ClH/c1-19-8-10-20(11-9-19)16(21)15-12-14(4-7-18-15)13-2-5-17-6-3-13;;/h4,7,12-13,17H,2-3,5-6,8-11H2,1H3;2*1H. The quantitative estimate of drug-likeness (QED) is 0.873. The molecule has 0 aliphatic carbocycles. The molecular weight excluding hydrogens is 335 g/mol. The molecular formula is C16H26Cl2N4O. The lowest BCUT2D eigenvalue weighted by Gasteiger charge is -2.32. The van der Waals surface area contributed by atoms with E-state index in [-0.39, 0.29) is 30.7 Å². The van der Waals surface area contributed by atoms with Crippen LogP contribution in [0.4, 0.5) is 0 Å². The van der Waals surface area contributed by atoms with Gasteiger partial charge in [0.1, 0.15) is 5.69 Å². The number of carbonyl (C=O) groups is 1. The molecule has 3 rings (SSSR count). The Labute approximate surface area is 150 Å². The molecule has 130 valence electrons. The molecule has 3 heterocycles. The average Bonchev–Trinajstić information content (AvgIpc) is 2.56. The molecule has 2 saturated heterocycles. The van der Waals surface area contributed by atoms with Crippen molar-refractivity contribution >= 4 is 30.7 Å². The zero-order valence-electron chi connectivity index (χ0n) is 13.5. The first-order valence-corrected chi connectivity index (χ1v) is 7.88. The molecule has 2 aliphatic rings. The van der Waals surface area contributed by atoms with Gasteiger partial charge < -0.3 is 15.1 Å². The van der Waals surface area contributed by atoms with Crippen LogP contribution in [0.1, 0.15) is 34.8 Å². The fraction of sp³-hybridized carbons (Fsp3) is 0.625. The Kier molecular flexibility index (Phi) is 8.26. The number of aromatic nitrogens is 1. The minimum Gasteiger partial charge on any atom is -0.335 e. The van der Waals surface area contributed by atoms with Crippen LogP contribution in [0.25, 0.3) is 0 Å². The van der Waals surface area contributed by atoms with Crippen molar-refractivity contribution in [3.8, 4) is 0 Å². The number of amides is 1. The van der Waals surface area contributed by atoms with E-state index in [0.717, 1.165) is 52.1 Å². The van der Waals surface area contributed by atoms with Crippen LogP contribution >= 0.6 is 24.8 Å². The number of halogens is 2. The SMILES string of the molecule is CN1CCN(C(=O)c2cc(C3CCNCC3)ccn2)CC1.Cl.Cl. The molecule has 5 nitrogen and oxygen atoms in total. The summed E-state index contributed by atoms with van der Waals surface area (Å²) in [7, 11) is 2.10. The first-order valence-electron chi connectivity index (χ1n) is 7.88. The molecule has 7 heteroatoms. The third-order valence-corrected chi connectivity index (χ3v) is 4.60. The third kappa shape index (κ3) is 5.05. The molecule has 0 spiro atoms. The molecule has 0 atom stereocenters. The van der Waals surface area contributed by atoms with Crippen LogP contribution < -0.4 is 5.32 Å². The predicted molar refractivity (Wildman–Crippen MR) is 97.0 cm³/mol. The lowest BCUT2D eigenvalue weighted by Crippen LogP contribution is -2.47. The number of nitrogens with one attached hydrogen (secondary N) is 1. The van der Waals surface area contributed by atoms with E-state index < -0.39 is 0 Å². The van der Waals surface area contributed by atoms with E-state index in [1.165, 1.54) is 5.56 Å². The van der Waals surface area contributed by atoms with Crippen LogP contribution in [0.2, 0.25) is 0 Å². The van der Waals surface area contributed by atoms with Gasteiger partial charge in [0.25, 0.3) is 5.91 Å². The minimum atomic E-state index is 0. The van der Waals surface area contributed by atoms with Gasteiger partial charge in [0.2, 0.25) is 0 Å². The number of carbonyl (C=O) groups excluding carboxylic acids is 1. The van der Waals surface area contributed by atoms with E-state index in [2.05, 4.69) is 28.3 Å². The number of nitrogens with zero attached hydrogens (tertiary/aromatic N) is 3. The van der Waals surface area contributed by atoms with Crippen molar-refractivity contribution < 1.29 is 4.79 Å². The summed E-state index contributed by atoms with van der Waals surface area (Å²) in [5.74, 6) is 0.646. The fourth-order valence-corrected chi connectivity index (χ4v) is 3.14. The Bertz CT molecular complexity index is 501. The molecule has 1 amide bonds. The van der Waals surface area contributed by atoms with Crippen LogP contribution in [-0.4, -0.2) is 67.0 Å². The first kappa shape index (κ1) is 20.2. The Morgan fingerprint density at radius 1 is 1.17 bits per heavy atom. The van der Waals surface area contributed by atoms with Crippen molar-refractivity contribution in [2.24, 2.45) is 0 Å². The molecule has 0 unspecified atom stereocenters. The number of rotatable bonds is 2. The molecule has 1 aromatic rings. The van der Waals surface area contributed by atoms with Crippen LogP contribution in [0, 0.1) is 0 Å². The Morgan fingerprint density at radius 3 is 2.48 bits per heavy atom. The van der Waals surface area contributed by atoms with Gasteiger partial charge in [0.05, 0.1) is 0 Å². The maximum atomic E-state index is 12.6. The van der Waals surface area contributed by atoms with Gasteiger partial charge in [-0.3, -0.25) is 9.78 Å². The van der Waals surface area contributed by atoms with Crippen LogP contribution in [0.5, 0.6) is 0 Å². The zero-order chi connectivity index (χ0) is 14.7. The van der Waals surface area contributed by atoms with Gasteiger partial charge in [-0.2, -0.15) is 0 Å². The maximum Gasteiger partial charge on any atom is 0.272 e. The highest BCUT2D eigenvalue weighted by molar-refractivity contribution is 5.92. The highest BCUT2D eigenvalue weighted by Gasteiger charge is 2.22. The number of pyridine rings is 1. The number of hydrogen-bond acceptors (Lipinski definition) is 4. The van der Waals surface area contributed by atoms with Crippen LogP contribution in [-0.2, 0) is 0 Å². The van der Waals surface area contributed by atoms with E-state index in [4.69, 9.17) is 0 Å². The van der Waals surface area contributed by atoms with Gasteiger partial charge in [-0.05, 0) is 56.6 Å². The topological polar surface area (TPSA) is 48.5 Å². The number of piperazine rings is 1. The van der Waals surface area contributed by atoms with Crippen LogP contribution in [0.15, 0.2) is 18.3 Å². The summed E-state index contributed by atoms with van der Waals surface area (Å²) in [6.45, 7) is 5.62. The molecule has 2 fully saturated rings. The average molecular weight is 361 g/mol. The molecule has 23 heavy (non-hydrogen) atoms. The summed E-state index contributed by atoms with van der Waals surface area (Å²) < 4.78 is 0. The molecule has 0 radical (unpaired) electrons. The lowest BCUT2D eigenvalue weighted by atomic mass is 9.90. The van der Waals surface area contributed by atoms with Crippen molar-refractivity contribution in [3.05, 3.63) is 29.6 Å². The number of piperidine rings is 1. The summed E-state index contributed by atoms with van der Waals surface area (Å²) >= 11 is 0. The summed E-state index contributed by atoms with van der Waals surface area (Å²) in [5, 5.41) is 3.38. The molecule has 1 aromatic heterocycles. The summed E-state index contributed by atoms with van der Waals surface area (Å²) in [6.07, 6.45) is 4.08. The van der Waals surface area contributed by atoms with Crippen molar-refractivity contribution in [1.29, 1.82) is 0 Å². The smallest absolute Gasteiger partial charge is 0.272 e. The zero-order valence-corrected chi connectivity index (χ0v) is 15.2. The number of likely N-dealkylation sites (N-methyl/N-ethyl adjacent to an activating group) is 1. The summed E-state index contributed by atoms with van der Waals surface area (Å²) in [6, 6.07) is 4.08.